The lowest BCUT2D eigenvalue weighted by molar-refractivity contribution is -0.149. The van der Waals surface area contributed by atoms with Gasteiger partial charge in [-0.15, -0.1) is 0 Å². The smallest absolute Gasteiger partial charge is 0.244 e. The second-order valence-corrected chi connectivity index (χ2v) is 9.43. The molecule has 0 aromatic carbocycles. The summed E-state index contributed by atoms with van der Waals surface area (Å²) >= 11 is 1.59. The molecule has 2 aliphatic rings. The quantitative estimate of drug-likeness (QED) is 0.842. The van der Waals surface area contributed by atoms with Crippen LogP contribution in [0.2, 0.25) is 0 Å². The number of rotatable bonds is 3. The third-order valence-electron chi connectivity index (χ3n) is 4.72. The summed E-state index contributed by atoms with van der Waals surface area (Å²) in [7, 11) is -3.40. The van der Waals surface area contributed by atoms with Gasteiger partial charge in [-0.05, 0) is 48.6 Å². The van der Waals surface area contributed by atoms with Crippen molar-refractivity contribution in [3.8, 4) is 0 Å². The Morgan fingerprint density at radius 3 is 2.64 bits per heavy atom. The summed E-state index contributed by atoms with van der Waals surface area (Å²) < 4.78 is 29.0. The average molecular weight is 343 g/mol. The highest BCUT2D eigenvalue weighted by atomic mass is 32.2. The molecule has 1 aliphatic carbocycles. The van der Waals surface area contributed by atoms with Gasteiger partial charge in [-0.1, -0.05) is 0 Å². The normalized spacial score (nSPS) is 28.2. The summed E-state index contributed by atoms with van der Waals surface area (Å²) in [5, 5.41) is 4.00. The monoisotopic (exact) mass is 343 g/mol. The molecule has 22 heavy (non-hydrogen) atoms. The Hall–Kier alpha value is -0.920. The number of nitrogens with zero attached hydrogens (tertiary/aromatic N) is 1. The zero-order chi connectivity index (χ0) is 16.0. The number of hydrogen-bond acceptors (Lipinski definition) is 5. The van der Waals surface area contributed by atoms with Crippen LogP contribution in [-0.2, 0) is 19.4 Å². The maximum absolute atomic E-state index is 12.9. The molecule has 5 nitrogen and oxygen atoms in total. The van der Waals surface area contributed by atoms with Crippen molar-refractivity contribution >= 4 is 27.1 Å². The van der Waals surface area contributed by atoms with E-state index in [4.69, 9.17) is 4.74 Å². The molecule has 0 spiro atoms. The highest BCUT2D eigenvalue weighted by Gasteiger charge is 2.55. The fraction of sp³-hybridized carbons (Fsp3) is 0.667. The molecule has 1 aromatic heterocycles. The summed E-state index contributed by atoms with van der Waals surface area (Å²) in [4.78, 5) is 14.6. The molecule has 0 unspecified atom stereocenters. The number of amides is 1. The van der Waals surface area contributed by atoms with Crippen LogP contribution in [0.5, 0.6) is 0 Å². The predicted molar refractivity (Wildman–Crippen MR) is 85.6 cm³/mol. The number of carbonyl (C=O) groups is 1. The van der Waals surface area contributed by atoms with Gasteiger partial charge in [-0.2, -0.15) is 11.3 Å². The Balaban J connectivity index is 1.83. The molecule has 1 saturated heterocycles. The molecule has 1 aliphatic heterocycles. The topological polar surface area (TPSA) is 63.7 Å². The fourth-order valence-corrected chi connectivity index (χ4v) is 5.47. The average Bonchev–Trinajstić information content (AvgIpc) is 2.88. The molecule has 1 aromatic rings. The first-order valence-corrected chi connectivity index (χ1v) is 10.3. The summed E-state index contributed by atoms with van der Waals surface area (Å²) in [6.45, 7) is 2.81. The third kappa shape index (κ3) is 2.59. The van der Waals surface area contributed by atoms with Crippen LogP contribution in [0.1, 0.15) is 37.9 Å². The first-order valence-electron chi connectivity index (χ1n) is 7.50. The molecule has 3 rings (SSSR count). The summed E-state index contributed by atoms with van der Waals surface area (Å²) in [6, 6.07) is 1.99. The minimum absolute atomic E-state index is 0.0979. The Morgan fingerprint density at radius 2 is 2.14 bits per heavy atom. The van der Waals surface area contributed by atoms with Gasteiger partial charge in [0.15, 0.2) is 14.6 Å². The molecule has 2 heterocycles. The van der Waals surface area contributed by atoms with E-state index in [1.54, 1.807) is 16.2 Å². The van der Waals surface area contributed by atoms with Gasteiger partial charge in [0.2, 0.25) is 5.91 Å². The van der Waals surface area contributed by atoms with E-state index in [2.05, 4.69) is 0 Å². The van der Waals surface area contributed by atoms with Crippen LogP contribution in [0.3, 0.4) is 0 Å². The summed E-state index contributed by atoms with van der Waals surface area (Å²) in [5.41, 5.74) is 1.05. The standard InChI is InChI=1S/C15H21NO4S2/c1-11-8-16(9-13(20-11)12-4-7-21-10-12)14(17)15(5-3-6-15)22(2,18)19/h4,7,10-11,13H,3,5-6,8-9H2,1-2H3/t11-,13+/m1/s1. The fourth-order valence-electron chi connectivity index (χ4n) is 3.29. The minimum Gasteiger partial charge on any atom is -0.367 e. The summed E-state index contributed by atoms with van der Waals surface area (Å²) in [6.07, 6.45) is 2.60. The van der Waals surface area contributed by atoms with Crippen molar-refractivity contribution in [3.63, 3.8) is 0 Å². The highest BCUT2D eigenvalue weighted by molar-refractivity contribution is 7.93. The Kier molecular flexibility index (Phi) is 4.07. The molecule has 1 saturated carbocycles. The van der Waals surface area contributed by atoms with Gasteiger partial charge >= 0.3 is 0 Å². The van der Waals surface area contributed by atoms with Crippen LogP contribution in [0, 0.1) is 0 Å². The maximum Gasteiger partial charge on any atom is 0.244 e. The zero-order valence-electron chi connectivity index (χ0n) is 12.8. The summed E-state index contributed by atoms with van der Waals surface area (Å²) in [5.74, 6) is -0.239. The van der Waals surface area contributed by atoms with Gasteiger partial charge in [-0.3, -0.25) is 4.79 Å². The molecule has 0 radical (unpaired) electrons. The van der Waals surface area contributed by atoms with Gasteiger partial charge in [0, 0.05) is 12.8 Å². The van der Waals surface area contributed by atoms with E-state index in [-0.39, 0.29) is 18.1 Å². The lowest BCUT2D eigenvalue weighted by Gasteiger charge is -2.45. The Labute approximate surface area is 135 Å². The van der Waals surface area contributed by atoms with Crippen molar-refractivity contribution in [3.05, 3.63) is 22.4 Å². The molecule has 1 amide bonds. The molecule has 2 atom stereocenters. The first kappa shape index (κ1) is 16.0. The lowest BCUT2D eigenvalue weighted by atomic mass is 9.82. The largest absolute Gasteiger partial charge is 0.367 e. The van der Waals surface area contributed by atoms with E-state index < -0.39 is 14.6 Å². The van der Waals surface area contributed by atoms with E-state index in [0.29, 0.717) is 25.9 Å². The van der Waals surface area contributed by atoms with E-state index in [9.17, 15) is 13.2 Å². The predicted octanol–water partition coefficient (Wildman–Crippen LogP) is 2.00. The highest BCUT2D eigenvalue weighted by Crippen LogP contribution is 2.41. The van der Waals surface area contributed by atoms with Crippen molar-refractivity contribution in [2.24, 2.45) is 0 Å². The molecule has 7 heteroatoms. The number of morpholine rings is 1. The third-order valence-corrected chi connectivity index (χ3v) is 7.43. The lowest BCUT2D eigenvalue weighted by Crippen LogP contribution is -2.60. The number of carbonyl (C=O) groups excluding carboxylic acids is 1. The Morgan fingerprint density at radius 1 is 1.41 bits per heavy atom. The van der Waals surface area contributed by atoms with Gasteiger partial charge in [0.05, 0.1) is 12.6 Å². The van der Waals surface area contributed by atoms with E-state index in [1.165, 1.54) is 6.26 Å². The number of ether oxygens (including phenoxy) is 1. The van der Waals surface area contributed by atoms with Gasteiger partial charge in [0.25, 0.3) is 0 Å². The first-order chi connectivity index (χ1) is 10.3. The van der Waals surface area contributed by atoms with Crippen molar-refractivity contribution in [1.29, 1.82) is 0 Å². The van der Waals surface area contributed by atoms with Crippen molar-refractivity contribution in [1.82, 2.24) is 4.90 Å². The number of thiophene rings is 1. The van der Waals surface area contributed by atoms with Crippen LogP contribution < -0.4 is 0 Å². The van der Waals surface area contributed by atoms with Crippen LogP contribution >= 0.6 is 11.3 Å². The minimum atomic E-state index is -3.40. The molecule has 122 valence electrons. The molecular formula is C15H21NO4S2. The van der Waals surface area contributed by atoms with Crippen molar-refractivity contribution in [2.75, 3.05) is 19.3 Å². The SMILES string of the molecule is C[C@@H]1CN(C(=O)C2(S(C)(=O)=O)CCC2)C[C@@H](c2ccsc2)O1. The Bertz CT molecular complexity index is 649. The van der Waals surface area contributed by atoms with Gasteiger partial charge in [0.1, 0.15) is 6.10 Å². The van der Waals surface area contributed by atoms with E-state index >= 15 is 0 Å². The van der Waals surface area contributed by atoms with Crippen LogP contribution in [-0.4, -0.2) is 49.4 Å². The molecule has 2 fully saturated rings. The van der Waals surface area contributed by atoms with Gasteiger partial charge < -0.3 is 9.64 Å². The van der Waals surface area contributed by atoms with Crippen molar-refractivity contribution < 1.29 is 17.9 Å². The van der Waals surface area contributed by atoms with E-state index in [0.717, 1.165) is 12.0 Å². The second-order valence-electron chi connectivity index (χ2n) is 6.32. The van der Waals surface area contributed by atoms with Crippen molar-refractivity contribution in [2.45, 2.75) is 43.1 Å². The second kappa shape index (κ2) is 5.62. The number of hydrogen-bond donors (Lipinski definition) is 0. The van der Waals surface area contributed by atoms with Crippen LogP contribution in [0.4, 0.5) is 0 Å². The molecule has 0 bridgehead atoms. The van der Waals surface area contributed by atoms with E-state index in [1.807, 2.05) is 23.8 Å². The van der Waals surface area contributed by atoms with Crippen LogP contribution in [0.15, 0.2) is 16.8 Å². The number of sulfone groups is 1. The molecule has 0 N–H and O–H groups in total. The maximum atomic E-state index is 12.9. The zero-order valence-corrected chi connectivity index (χ0v) is 14.5. The molecular weight excluding hydrogens is 322 g/mol. The van der Waals surface area contributed by atoms with Crippen LogP contribution in [0.25, 0.3) is 0 Å². The van der Waals surface area contributed by atoms with Gasteiger partial charge in [-0.25, -0.2) is 8.42 Å².